The number of ether oxygens (including phenoxy) is 1. The zero-order chi connectivity index (χ0) is 22.2. The van der Waals surface area contributed by atoms with E-state index in [1.165, 1.54) is 50.3 Å². The van der Waals surface area contributed by atoms with Gasteiger partial charge < -0.3 is 20.3 Å². The fourth-order valence-electron chi connectivity index (χ4n) is 3.83. The Morgan fingerprint density at radius 3 is 2.75 bits per heavy atom. The molecule has 1 fully saturated rings. The molecule has 0 spiro atoms. The molecule has 166 valence electrons. The molecular weight excluding hydrogens is 404 g/mol. The van der Waals surface area contributed by atoms with E-state index in [4.69, 9.17) is 10.00 Å². The average Bonchev–Trinajstić information content (AvgIpc) is 3.31. The van der Waals surface area contributed by atoms with Crippen LogP contribution in [0.25, 0.3) is 11.3 Å². The molecular formula is C23H28N8O. The number of rotatable bonds is 9. The molecule has 1 aliphatic rings. The van der Waals surface area contributed by atoms with Crippen molar-refractivity contribution in [3.63, 3.8) is 0 Å². The van der Waals surface area contributed by atoms with E-state index in [1.807, 2.05) is 18.2 Å². The number of aromatic nitrogens is 4. The number of methoxy groups -OCH3 is 1. The first kappa shape index (κ1) is 21.7. The lowest BCUT2D eigenvalue weighted by molar-refractivity contribution is 0.229. The van der Waals surface area contributed by atoms with Gasteiger partial charge in [-0.05, 0) is 43.6 Å². The van der Waals surface area contributed by atoms with Crippen LogP contribution in [0, 0.1) is 11.3 Å². The maximum Gasteiger partial charge on any atom is 0.158 e. The van der Waals surface area contributed by atoms with E-state index in [1.54, 1.807) is 7.11 Å². The zero-order valence-corrected chi connectivity index (χ0v) is 18.3. The zero-order valence-electron chi connectivity index (χ0n) is 18.3. The highest BCUT2D eigenvalue weighted by molar-refractivity contribution is 5.71. The summed E-state index contributed by atoms with van der Waals surface area (Å²) >= 11 is 0. The molecule has 3 heterocycles. The summed E-state index contributed by atoms with van der Waals surface area (Å²) in [4.78, 5) is 10.7. The van der Waals surface area contributed by atoms with Crippen molar-refractivity contribution in [3.8, 4) is 23.1 Å². The summed E-state index contributed by atoms with van der Waals surface area (Å²) in [5.41, 5.74) is 3.20. The number of likely N-dealkylation sites (tertiary alicyclic amines) is 1. The quantitative estimate of drug-likeness (QED) is 0.442. The molecule has 0 unspecified atom stereocenters. The second-order valence-electron chi connectivity index (χ2n) is 7.80. The van der Waals surface area contributed by atoms with Crippen molar-refractivity contribution in [2.24, 2.45) is 0 Å². The number of hydrogen-bond donors (Lipinski definition) is 3. The predicted octanol–water partition coefficient (Wildman–Crippen LogP) is 3.07. The molecule has 0 radical (unpaired) electrons. The van der Waals surface area contributed by atoms with Crippen LogP contribution in [0.2, 0.25) is 0 Å². The molecule has 3 aromatic rings. The second-order valence-corrected chi connectivity index (χ2v) is 7.80. The van der Waals surface area contributed by atoms with Crippen molar-refractivity contribution < 1.29 is 4.74 Å². The molecule has 1 aliphatic heterocycles. The van der Waals surface area contributed by atoms with Gasteiger partial charge in [-0.2, -0.15) is 10.4 Å². The molecule has 9 heteroatoms. The summed E-state index contributed by atoms with van der Waals surface area (Å²) in [6, 6.07) is 10.0. The van der Waals surface area contributed by atoms with Gasteiger partial charge in [0.25, 0.3) is 0 Å². The smallest absolute Gasteiger partial charge is 0.158 e. The molecule has 0 amide bonds. The van der Waals surface area contributed by atoms with Gasteiger partial charge in [-0.3, -0.25) is 5.10 Å². The first-order valence-electron chi connectivity index (χ1n) is 10.9. The van der Waals surface area contributed by atoms with Gasteiger partial charge >= 0.3 is 0 Å². The van der Waals surface area contributed by atoms with Crippen molar-refractivity contribution in [3.05, 3.63) is 47.9 Å². The molecule has 3 N–H and O–H groups in total. The molecule has 32 heavy (non-hydrogen) atoms. The lowest BCUT2D eigenvalue weighted by Crippen LogP contribution is -2.35. The van der Waals surface area contributed by atoms with Gasteiger partial charge in [-0.1, -0.05) is 12.5 Å². The third-order valence-electron chi connectivity index (χ3n) is 5.54. The van der Waals surface area contributed by atoms with Crippen LogP contribution in [-0.4, -0.2) is 58.4 Å². The Hall–Kier alpha value is -3.48. The van der Waals surface area contributed by atoms with E-state index in [0.717, 1.165) is 36.6 Å². The van der Waals surface area contributed by atoms with Crippen LogP contribution < -0.4 is 15.4 Å². The van der Waals surface area contributed by atoms with Crippen molar-refractivity contribution in [1.82, 2.24) is 30.4 Å². The van der Waals surface area contributed by atoms with Crippen LogP contribution in [0.15, 0.2) is 36.7 Å². The van der Waals surface area contributed by atoms with Gasteiger partial charge in [-0.25, -0.2) is 9.97 Å². The number of anilines is 2. The van der Waals surface area contributed by atoms with Gasteiger partial charge in [0.15, 0.2) is 11.5 Å². The normalized spacial score (nSPS) is 14.1. The lowest BCUT2D eigenvalue weighted by atomic mass is 10.1. The third kappa shape index (κ3) is 5.60. The molecule has 1 saturated heterocycles. The van der Waals surface area contributed by atoms with E-state index in [9.17, 15) is 0 Å². The summed E-state index contributed by atoms with van der Waals surface area (Å²) in [7, 11) is 1.67. The van der Waals surface area contributed by atoms with E-state index >= 15 is 0 Å². The second kappa shape index (κ2) is 10.7. The summed E-state index contributed by atoms with van der Waals surface area (Å²) < 4.78 is 5.64. The first-order valence-corrected chi connectivity index (χ1v) is 10.9. The summed E-state index contributed by atoms with van der Waals surface area (Å²) in [6.07, 6.45) is 6.93. The van der Waals surface area contributed by atoms with Gasteiger partial charge in [0.2, 0.25) is 0 Å². The number of piperidine rings is 1. The molecule has 2 aromatic heterocycles. The maximum absolute atomic E-state index is 8.82. The fraction of sp³-hybridized carbons (Fsp3) is 0.391. The van der Waals surface area contributed by atoms with Crippen molar-refractivity contribution in [2.75, 3.05) is 38.6 Å². The highest BCUT2D eigenvalue weighted by atomic mass is 16.5. The molecule has 9 nitrogen and oxygen atoms in total. The Morgan fingerprint density at radius 2 is 2.00 bits per heavy atom. The van der Waals surface area contributed by atoms with Crippen molar-refractivity contribution >= 4 is 11.6 Å². The minimum atomic E-state index is 0.268. The first-order chi connectivity index (χ1) is 15.7. The highest BCUT2D eigenvalue weighted by Gasteiger charge is 2.12. The topological polar surface area (TPSA) is 115 Å². The number of benzene rings is 1. The molecule has 0 saturated carbocycles. The Morgan fingerprint density at radius 1 is 1.12 bits per heavy atom. The predicted molar refractivity (Wildman–Crippen MR) is 123 cm³/mol. The largest absolute Gasteiger partial charge is 0.496 e. The summed E-state index contributed by atoms with van der Waals surface area (Å²) in [5, 5.41) is 22.8. The Balaban J connectivity index is 1.35. The Bertz CT molecular complexity index is 1050. The van der Waals surface area contributed by atoms with Crippen LogP contribution in [0.3, 0.4) is 0 Å². The van der Waals surface area contributed by atoms with Gasteiger partial charge in [-0.15, -0.1) is 0 Å². The standard InChI is InChI=1S/C23H28N8O/c1-32-21-11-17(14-25-7-10-31-8-3-2-4-9-31)5-6-19(21)20-12-22(30-29-20)28-23-16-26-18(13-24)15-27-23/h5-6,11-12,15-16,25H,2-4,7-10,14H2,1H3,(H2,27,28,29,30). The fourth-order valence-corrected chi connectivity index (χ4v) is 3.83. The Labute approximate surface area is 187 Å². The number of nitriles is 1. The van der Waals surface area contributed by atoms with Crippen LogP contribution >= 0.6 is 0 Å². The number of H-pyrrole nitrogens is 1. The van der Waals surface area contributed by atoms with E-state index < -0.39 is 0 Å². The van der Waals surface area contributed by atoms with Gasteiger partial charge in [0, 0.05) is 31.3 Å². The third-order valence-corrected chi connectivity index (χ3v) is 5.54. The molecule has 0 atom stereocenters. The van der Waals surface area contributed by atoms with E-state index in [2.05, 4.69) is 47.8 Å². The molecule has 0 bridgehead atoms. The number of hydrogen-bond acceptors (Lipinski definition) is 8. The monoisotopic (exact) mass is 432 g/mol. The van der Waals surface area contributed by atoms with Crippen LogP contribution in [0.4, 0.5) is 11.6 Å². The van der Waals surface area contributed by atoms with Gasteiger partial charge in [0.05, 0.1) is 25.2 Å². The SMILES string of the molecule is COc1cc(CNCCN2CCCCC2)ccc1-c1cc(Nc2cnc(C#N)cn2)n[nH]1. The van der Waals surface area contributed by atoms with Crippen molar-refractivity contribution in [1.29, 1.82) is 5.26 Å². The minimum absolute atomic E-state index is 0.268. The number of nitrogens with one attached hydrogen (secondary N) is 3. The Kier molecular flexibility index (Phi) is 7.27. The lowest BCUT2D eigenvalue weighted by Gasteiger charge is -2.26. The van der Waals surface area contributed by atoms with E-state index in [-0.39, 0.29) is 5.69 Å². The maximum atomic E-state index is 8.82. The molecule has 1 aromatic carbocycles. The minimum Gasteiger partial charge on any atom is -0.496 e. The van der Waals surface area contributed by atoms with Gasteiger partial charge in [0.1, 0.15) is 17.6 Å². The van der Waals surface area contributed by atoms with Crippen LogP contribution in [-0.2, 0) is 6.54 Å². The number of nitrogens with zero attached hydrogens (tertiary/aromatic N) is 5. The molecule has 0 aliphatic carbocycles. The summed E-state index contributed by atoms with van der Waals surface area (Å²) in [6.45, 7) is 5.34. The summed E-state index contributed by atoms with van der Waals surface area (Å²) in [5.74, 6) is 1.90. The van der Waals surface area contributed by atoms with E-state index in [0.29, 0.717) is 11.6 Å². The highest BCUT2D eigenvalue weighted by Crippen LogP contribution is 2.31. The molecule has 4 rings (SSSR count). The number of aromatic amines is 1. The van der Waals surface area contributed by atoms with Crippen LogP contribution in [0.1, 0.15) is 30.5 Å². The van der Waals surface area contributed by atoms with Crippen LogP contribution in [0.5, 0.6) is 5.75 Å². The van der Waals surface area contributed by atoms with Crippen molar-refractivity contribution in [2.45, 2.75) is 25.8 Å². The average molecular weight is 433 g/mol.